The number of nitrogens with zero attached hydrogens (tertiary/aromatic N) is 1. The maximum absolute atomic E-state index is 8.25. The van der Waals surface area contributed by atoms with Crippen molar-refractivity contribution in [1.29, 1.82) is 0 Å². The van der Waals surface area contributed by atoms with Gasteiger partial charge in [-0.15, -0.1) is 0 Å². The van der Waals surface area contributed by atoms with Crippen LogP contribution in [0, 0.1) is 0 Å². The second-order valence-electron chi connectivity index (χ2n) is 0.385. The molecule has 0 rings (SSSR count). The van der Waals surface area contributed by atoms with Gasteiger partial charge in [-0.25, -0.2) is 0 Å². The third-order valence-electron chi connectivity index (χ3n) is 0. The number of carbonyl (C=O) groups excluding carboxylic acids is 4. The summed E-state index contributed by atoms with van der Waals surface area (Å²) < 4.78 is 0. The van der Waals surface area contributed by atoms with Gasteiger partial charge in [-0.2, -0.15) is 0 Å². The number of rotatable bonds is 0. The molecule has 0 saturated heterocycles. The number of hydrogen-bond donors (Lipinski definition) is 0. The Labute approximate surface area is 94.4 Å². The third kappa shape index (κ3) is 323. The zero-order chi connectivity index (χ0) is 10.8. The van der Waals surface area contributed by atoms with Crippen LogP contribution in [0.1, 0.15) is 0 Å². The smallest absolute Gasteiger partial charge is 0.554 e. The molecule has 0 aromatic heterocycles. The Morgan fingerprint density at radius 3 is 0.571 bits per heavy atom. The van der Waals surface area contributed by atoms with Crippen molar-refractivity contribution in [1.82, 2.24) is 6.15 Å². The molecule has 0 aromatic carbocycles. The molecule has 2 radical (unpaired) electrons. The molecule has 84 valence electrons. The van der Waals surface area contributed by atoms with Gasteiger partial charge in [0.2, 0.25) is 0 Å². The van der Waals surface area contributed by atoms with Crippen LogP contribution in [-0.2, 0) is 41.6 Å². The molecule has 0 bridgehead atoms. The molecule has 0 aliphatic heterocycles. The standard InChI is InChI=1S/4CH2O2.Ag.N/c4*2-1-3;;/h4*1H,(H,2,3);;/q;;;;+1;+3/p-4. The molecule has 14 heavy (non-hydrogen) atoms. The van der Waals surface area contributed by atoms with Gasteiger partial charge in [-0.3, -0.25) is 0 Å². The van der Waals surface area contributed by atoms with Crippen molar-refractivity contribution < 1.29 is 62.0 Å². The first-order valence-corrected chi connectivity index (χ1v) is 1.89. The first-order chi connectivity index (χ1) is 5.66. The first kappa shape index (κ1) is 39.5. The Bertz CT molecular complexity index is 75.3. The first-order valence-electron chi connectivity index (χ1n) is 1.89. The summed E-state index contributed by atoms with van der Waals surface area (Å²) in [5, 5.41) is 33.0. The molecule has 0 aromatic rings. The Balaban J connectivity index is -0.0000000145. The summed E-state index contributed by atoms with van der Waals surface area (Å²) in [5.41, 5.74) is 0. The topological polar surface area (TPSA) is 191 Å². The van der Waals surface area contributed by atoms with Gasteiger partial charge >= 0.3 is 28.5 Å². The molecule has 0 atom stereocenters. The van der Waals surface area contributed by atoms with Gasteiger partial charge in [0.05, 0.1) is 0 Å². The zero-order valence-electron chi connectivity index (χ0n) is 6.32. The average molecular weight is 302 g/mol. The van der Waals surface area contributed by atoms with E-state index >= 15 is 0 Å². The van der Waals surface area contributed by atoms with Crippen LogP contribution in [0.3, 0.4) is 0 Å². The van der Waals surface area contributed by atoms with Crippen molar-refractivity contribution in [3.05, 3.63) is 0 Å². The van der Waals surface area contributed by atoms with Crippen LogP contribution in [0.2, 0.25) is 0 Å². The van der Waals surface area contributed by atoms with Crippen LogP contribution in [-0.4, -0.2) is 25.9 Å². The molecule has 0 saturated carbocycles. The Kier molecular flexibility index (Phi) is 628. The predicted molar refractivity (Wildman–Crippen MR) is 26.4 cm³/mol. The van der Waals surface area contributed by atoms with E-state index in [0.29, 0.717) is 0 Å². The molecular formula is C4H4AgNO8. The largest absolute Gasteiger partial charge is 3.00 e. The number of hydrogen-bond acceptors (Lipinski definition) is 8. The van der Waals surface area contributed by atoms with E-state index in [1.807, 2.05) is 0 Å². The van der Waals surface area contributed by atoms with Crippen molar-refractivity contribution >= 4 is 25.9 Å². The molecule has 0 fully saturated rings. The summed E-state index contributed by atoms with van der Waals surface area (Å²) in [7, 11) is 0. The Morgan fingerprint density at radius 2 is 0.571 bits per heavy atom. The molecular weight excluding hydrogens is 298 g/mol. The molecule has 0 N–H and O–H groups in total. The minimum Gasteiger partial charge on any atom is -0.554 e. The predicted octanol–water partition coefficient (Wildman–Crippen LogP) is -7.02. The van der Waals surface area contributed by atoms with Crippen LogP contribution in [0.25, 0.3) is 0 Å². The third-order valence-corrected chi connectivity index (χ3v) is 0. The summed E-state index contributed by atoms with van der Waals surface area (Å²) in [4.78, 5) is 33.0. The summed E-state index contributed by atoms with van der Waals surface area (Å²) in [5.74, 6) is 0. The zero-order valence-corrected chi connectivity index (χ0v) is 7.81. The van der Waals surface area contributed by atoms with Gasteiger partial charge in [-0.05, 0) is 0 Å². The van der Waals surface area contributed by atoms with Crippen molar-refractivity contribution in [2.75, 3.05) is 0 Å². The fourth-order valence-electron chi connectivity index (χ4n) is 0. The molecule has 9 nitrogen and oxygen atoms in total. The normalized spacial score (nSPS) is 3.43. The van der Waals surface area contributed by atoms with Gasteiger partial charge in [0.25, 0.3) is 0 Å². The van der Waals surface area contributed by atoms with Gasteiger partial charge in [0.1, 0.15) is 0 Å². The summed E-state index contributed by atoms with van der Waals surface area (Å²) in [6.45, 7) is -2.00. The van der Waals surface area contributed by atoms with E-state index < -0.39 is 25.9 Å². The fourth-order valence-corrected chi connectivity index (χ4v) is 0. The van der Waals surface area contributed by atoms with Crippen LogP contribution in [0.4, 0.5) is 0 Å². The van der Waals surface area contributed by atoms with Gasteiger partial charge in [-0.1, -0.05) is 0 Å². The molecule has 0 aliphatic carbocycles. The summed E-state index contributed by atoms with van der Waals surface area (Å²) >= 11 is 0. The molecule has 0 amide bonds. The van der Waals surface area contributed by atoms with E-state index in [0.717, 1.165) is 0 Å². The van der Waals surface area contributed by atoms with Gasteiger partial charge in [0.15, 0.2) is 0 Å². The Morgan fingerprint density at radius 1 is 0.571 bits per heavy atom. The minimum absolute atomic E-state index is 0. The average Bonchev–Trinajstić information content (AvgIpc) is 1.92. The monoisotopic (exact) mass is 301 g/mol. The van der Waals surface area contributed by atoms with E-state index in [1.165, 1.54) is 0 Å². The minimum atomic E-state index is -0.500. The van der Waals surface area contributed by atoms with Crippen LogP contribution in [0.15, 0.2) is 0 Å². The van der Waals surface area contributed by atoms with Crippen molar-refractivity contribution in [3.8, 4) is 0 Å². The molecule has 0 aliphatic rings. The number of carboxylic acid groups (broad SMARTS) is 4. The van der Waals surface area contributed by atoms with E-state index in [2.05, 4.69) is 0 Å². The van der Waals surface area contributed by atoms with Gasteiger partial charge in [0, 0.05) is 25.9 Å². The maximum atomic E-state index is 8.25. The van der Waals surface area contributed by atoms with E-state index in [9.17, 15) is 0 Å². The quantitative estimate of drug-likeness (QED) is 0.311. The van der Waals surface area contributed by atoms with Crippen molar-refractivity contribution in [2.24, 2.45) is 0 Å². The van der Waals surface area contributed by atoms with Gasteiger partial charge < -0.3 is 39.6 Å². The van der Waals surface area contributed by atoms with Crippen LogP contribution >= 0.6 is 0 Å². The Hall–Kier alpha value is -1.67. The second kappa shape index (κ2) is 223. The van der Waals surface area contributed by atoms with E-state index in [-0.39, 0.29) is 28.5 Å². The van der Waals surface area contributed by atoms with Crippen molar-refractivity contribution in [2.45, 2.75) is 0 Å². The molecule has 10 heteroatoms. The SMILES string of the molecule is O=C[O-].O=C[O-].O=C[O-].O=C[O-].[Ag+].[N+3]. The van der Waals surface area contributed by atoms with Crippen molar-refractivity contribution in [3.63, 3.8) is 0 Å². The van der Waals surface area contributed by atoms with Crippen LogP contribution < -0.4 is 26.6 Å². The fraction of sp³-hybridized carbons (Fsp3) is 0. The molecule has 0 spiro atoms. The molecule has 0 heterocycles. The summed E-state index contributed by atoms with van der Waals surface area (Å²) in [6, 6.07) is 0. The number of carbonyl (C=O) groups is 4. The van der Waals surface area contributed by atoms with Crippen LogP contribution in [0.5, 0.6) is 0 Å². The summed E-state index contributed by atoms with van der Waals surface area (Å²) in [6.07, 6.45) is 0. The van der Waals surface area contributed by atoms with E-state index in [4.69, 9.17) is 39.6 Å². The second-order valence-corrected chi connectivity index (χ2v) is 0.385. The maximum Gasteiger partial charge on any atom is 3.00 e. The molecule has 0 unspecified atom stereocenters. The van der Waals surface area contributed by atoms with E-state index in [1.54, 1.807) is 0 Å².